The number of esters is 3. The average Bonchev–Trinajstić information content (AvgIpc) is 3.64. The largest absolute Gasteiger partial charge is 0.481 e. The molecule has 2 amide bonds. The van der Waals surface area contributed by atoms with Gasteiger partial charge in [0.15, 0.2) is 18.5 Å². The number of hydrogen-bond donors (Lipinski definition) is 3. The fourth-order valence-corrected chi connectivity index (χ4v) is 7.32. The van der Waals surface area contributed by atoms with Gasteiger partial charge in [-0.05, 0) is 18.4 Å². The van der Waals surface area contributed by atoms with Crippen molar-refractivity contribution in [2.45, 2.75) is 103 Å². The van der Waals surface area contributed by atoms with Gasteiger partial charge >= 0.3 is 30.0 Å². The van der Waals surface area contributed by atoms with E-state index in [0.717, 1.165) is 41.8 Å². The number of aliphatic carboxylic acids is 1. The summed E-state index contributed by atoms with van der Waals surface area (Å²) in [6.45, 7) is 5.84. The molecule has 4 unspecified atom stereocenters. The number of carboxylic acids is 1. The predicted molar refractivity (Wildman–Crippen MR) is 220 cm³/mol. The molecule has 1 saturated heterocycles. The zero-order valence-electron chi connectivity index (χ0n) is 35.8. The summed E-state index contributed by atoms with van der Waals surface area (Å²) < 4.78 is 47.4. The molecule has 1 aliphatic carbocycles. The molecule has 3 aromatic rings. The maximum absolute atomic E-state index is 13.0. The number of nitrogens with zero attached hydrogens (tertiary/aromatic N) is 3. The Labute approximate surface area is 364 Å². The van der Waals surface area contributed by atoms with E-state index in [4.69, 9.17) is 43.0 Å². The third-order valence-electron chi connectivity index (χ3n) is 9.96. The van der Waals surface area contributed by atoms with E-state index in [0.29, 0.717) is 44.5 Å². The van der Waals surface area contributed by atoms with Crippen LogP contribution in [0, 0.1) is 0 Å². The Morgan fingerprint density at radius 3 is 2.19 bits per heavy atom. The minimum absolute atomic E-state index is 0.0288. The van der Waals surface area contributed by atoms with Crippen molar-refractivity contribution in [1.29, 1.82) is 0 Å². The van der Waals surface area contributed by atoms with Gasteiger partial charge in [-0.25, -0.2) is 9.48 Å². The monoisotopic (exact) mass is 881 g/mol. The summed E-state index contributed by atoms with van der Waals surface area (Å²) >= 11 is 0. The summed E-state index contributed by atoms with van der Waals surface area (Å²) in [5, 5.41) is 23.4. The van der Waals surface area contributed by atoms with Crippen LogP contribution in [0.4, 0.5) is 4.79 Å². The Balaban J connectivity index is 1.16. The fraction of sp³-hybridized carbons (Fsp3) is 0.535. The molecule has 0 saturated carbocycles. The molecule has 1 aliphatic heterocycles. The number of alkyl carbamates (subject to hydrolysis) is 1. The number of nitrogens with one attached hydrogen (secondary N) is 2. The first-order valence-electron chi connectivity index (χ1n) is 20.8. The number of aromatic nitrogens is 3. The van der Waals surface area contributed by atoms with Crippen molar-refractivity contribution >= 4 is 35.9 Å². The number of carbonyl (C=O) groups is 6. The van der Waals surface area contributed by atoms with Gasteiger partial charge < -0.3 is 53.6 Å². The van der Waals surface area contributed by atoms with Crippen LogP contribution in [0.25, 0.3) is 22.5 Å². The number of amides is 2. The molecule has 1 fully saturated rings. The lowest BCUT2D eigenvalue weighted by Crippen LogP contribution is -2.66. The summed E-state index contributed by atoms with van der Waals surface area (Å²) in [7, 11) is 0. The van der Waals surface area contributed by atoms with Crippen molar-refractivity contribution in [2.75, 3.05) is 46.2 Å². The highest BCUT2D eigenvalue weighted by molar-refractivity contribution is 5.83. The number of unbranched alkanes of at least 4 members (excludes halogenated alkanes) is 2. The number of rotatable bonds is 22. The maximum Gasteiger partial charge on any atom is 0.407 e. The normalized spacial score (nSPS) is 20.1. The number of benzene rings is 2. The molecule has 3 N–H and O–H groups in total. The highest BCUT2D eigenvalue weighted by atomic mass is 16.7. The van der Waals surface area contributed by atoms with E-state index in [1.54, 1.807) is 4.68 Å². The molecule has 63 heavy (non-hydrogen) atoms. The van der Waals surface area contributed by atoms with Crippen molar-refractivity contribution in [1.82, 2.24) is 25.6 Å². The quantitative estimate of drug-likeness (QED) is 0.0744. The standard InChI is InChI=1S/C43H55N5O15/c1-26(49)45-38-41(61-29(4)52)40(60-28(3)51)35(25-59-27(2)50)62-42(38)58-23-22-57-21-20-56-19-18-48-39-33-15-10-9-14-32(33)34(63-43(55)44-17-11-5-6-16-36(53)54)24-30-12-7-8-13-31(30)37(39)46-47-48/h7-10,12-15,34-35,38,40-42H,5-6,11,16-25H2,1-4H3,(H,44,55)(H,45,49)(H,53,54)/t34?,35?,38?,40-,41?,42+/m0/s1. The second-order valence-electron chi connectivity index (χ2n) is 14.8. The van der Waals surface area contributed by atoms with Gasteiger partial charge in [-0.3, -0.25) is 24.0 Å². The SMILES string of the molecule is CC(=O)NC1C(OC(C)=O)[C@@H](OC(C)=O)C(COC(C)=O)O[C@H]1OCCOCCOCCn1nnc2c1-c1ccccc1C(OC(=O)NCCCCCC(=O)O)Cc1ccccc1-2. The Bertz CT molecular complexity index is 2040. The van der Waals surface area contributed by atoms with Gasteiger partial charge in [0, 0.05) is 63.8 Å². The van der Waals surface area contributed by atoms with Gasteiger partial charge in [0.25, 0.3) is 0 Å². The molecule has 6 atom stereocenters. The first kappa shape index (κ1) is 48.1. The predicted octanol–water partition coefficient (Wildman–Crippen LogP) is 3.29. The summed E-state index contributed by atoms with van der Waals surface area (Å²) in [5.74, 6) is -3.38. The van der Waals surface area contributed by atoms with E-state index < -0.39 is 72.6 Å². The number of ether oxygens (including phenoxy) is 8. The minimum Gasteiger partial charge on any atom is -0.481 e. The van der Waals surface area contributed by atoms with Crippen molar-refractivity contribution in [2.24, 2.45) is 0 Å². The summed E-state index contributed by atoms with van der Waals surface area (Å²) in [4.78, 5) is 71.7. The highest BCUT2D eigenvalue weighted by Crippen LogP contribution is 2.41. The fourth-order valence-electron chi connectivity index (χ4n) is 7.32. The molecular formula is C43H55N5O15. The van der Waals surface area contributed by atoms with Crippen LogP contribution in [0.3, 0.4) is 0 Å². The van der Waals surface area contributed by atoms with Gasteiger partial charge in [0.05, 0.1) is 45.3 Å². The minimum atomic E-state index is -1.24. The van der Waals surface area contributed by atoms with Crippen molar-refractivity contribution < 1.29 is 71.8 Å². The Kier molecular flexibility index (Phi) is 18.3. The zero-order chi connectivity index (χ0) is 45.3. The van der Waals surface area contributed by atoms with E-state index in [1.165, 1.54) is 13.8 Å². The van der Waals surface area contributed by atoms with Crippen LogP contribution in [0.15, 0.2) is 48.5 Å². The first-order valence-corrected chi connectivity index (χ1v) is 20.8. The van der Waals surface area contributed by atoms with Gasteiger partial charge in [-0.2, -0.15) is 0 Å². The topological polar surface area (TPSA) is 251 Å². The van der Waals surface area contributed by atoms with Gasteiger partial charge in [0.1, 0.15) is 30.6 Å². The number of fused-ring (bicyclic) bond motifs is 5. The van der Waals surface area contributed by atoms with Gasteiger partial charge in [-0.1, -0.05) is 60.2 Å². The summed E-state index contributed by atoms with van der Waals surface area (Å²) in [5.41, 5.74) is 4.83. The van der Waals surface area contributed by atoms with Crippen LogP contribution in [0.2, 0.25) is 0 Å². The molecule has 2 aromatic carbocycles. The Morgan fingerprint density at radius 2 is 1.48 bits per heavy atom. The molecule has 20 nitrogen and oxygen atoms in total. The van der Waals surface area contributed by atoms with E-state index in [-0.39, 0.29) is 46.1 Å². The molecule has 5 rings (SSSR count). The Morgan fingerprint density at radius 1 is 0.794 bits per heavy atom. The zero-order valence-corrected chi connectivity index (χ0v) is 35.8. The van der Waals surface area contributed by atoms with E-state index in [2.05, 4.69) is 20.9 Å². The van der Waals surface area contributed by atoms with E-state index in [1.807, 2.05) is 48.5 Å². The molecule has 0 radical (unpaired) electrons. The highest BCUT2D eigenvalue weighted by Gasteiger charge is 2.51. The molecule has 2 aliphatic rings. The second kappa shape index (κ2) is 24.0. The van der Waals surface area contributed by atoms with Crippen molar-refractivity contribution in [3.8, 4) is 22.5 Å². The molecule has 0 spiro atoms. The van der Waals surface area contributed by atoms with Crippen molar-refractivity contribution in [3.63, 3.8) is 0 Å². The lowest BCUT2D eigenvalue weighted by molar-refractivity contribution is -0.279. The van der Waals surface area contributed by atoms with Gasteiger partial charge in [-0.15, -0.1) is 5.10 Å². The third kappa shape index (κ3) is 14.3. The lowest BCUT2D eigenvalue weighted by Gasteiger charge is -2.44. The van der Waals surface area contributed by atoms with Crippen LogP contribution in [-0.4, -0.2) is 133 Å². The van der Waals surface area contributed by atoms with Gasteiger partial charge in [0.2, 0.25) is 5.91 Å². The maximum atomic E-state index is 13.0. The third-order valence-corrected chi connectivity index (χ3v) is 9.96. The van der Waals surface area contributed by atoms with Crippen LogP contribution >= 0.6 is 0 Å². The molecular weight excluding hydrogens is 826 g/mol. The second-order valence-corrected chi connectivity index (χ2v) is 14.8. The van der Waals surface area contributed by atoms with E-state index >= 15 is 0 Å². The summed E-state index contributed by atoms with van der Waals surface area (Å²) in [6.07, 6.45) is -3.64. The summed E-state index contributed by atoms with van der Waals surface area (Å²) in [6, 6.07) is 14.3. The molecule has 1 aromatic heterocycles. The number of hydrogen-bond acceptors (Lipinski definition) is 16. The molecule has 0 bridgehead atoms. The van der Waals surface area contributed by atoms with Crippen LogP contribution in [-0.2, 0) is 74.8 Å². The van der Waals surface area contributed by atoms with Crippen LogP contribution in [0.5, 0.6) is 0 Å². The number of carboxylic acid groups (broad SMARTS) is 1. The number of carbonyl (C=O) groups excluding carboxylic acids is 5. The average molecular weight is 882 g/mol. The Hall–Kier alpha value is -5.96. The smallest absolute Gasteiger partial charge is 0.407 e. The lowest BCUT2D eigenvalue weighted by atomic mass is 9.87. The molecule has 2 heterocycles. The first-order chi connectivity index (χ1) is 30.3. The van der Waals surface area contributed by atoms with Crippen molar-refractivity contribution in [3.05, 3.63) is 59.7 Å². The molecule has 342 valence electrons. The molecule has 20 heteroatoms. The van der Waals surface area contributed by atoms with E-state index in [9.17, 15) is 28.8 Å². The van der Waals surface area contributed by atoms with Crippen LogP contribution < -0.4 is 10.6 Å². The van der Waals surface area contributed by atoms with Crippen LogP contribution in [0.1, 0.15) is 70.6 Å².